The number of hydrogen-bond donors (Lipinski definition) is 1. The molecule has 0 aliphatic heterocycles. The first kappa shape index (κ1) is 17.6. The van der Waals surface area contributed by atoms with Gasteiger partial charge in [0.25, 0.3) is 0 Å². The molecule has 0 radical (unpaired) electrons. The van der Waals surface area contributed by atoms with Gasteiger partial charge in [0.1, 0.15) is 5.54 Å². The number of urea groups is 1. The highest BCUT2D eigenvalue weighted by atomic mass is 16.2. The summed E-state index contributed by atoms with van der Waals surface area (Å²) in [7, 11) is 3.43. The topological polar surface area (TPSA) is 58.1 Å². The maximum Gasteiger partial charge on any atom is 0.317 e. The van der Waals surface area contributed by atoms with E-state index in [0.29, 0.717) is 6.42 Å². The number of benzene rings is 1. The van der Waals surface area contributed by atoms with Gasteiger partial charge in [-0.2, -0.15) is 0 Å². The summed E-state index contributed by atoms with van der Waals surface area (Å²) in [6, 6.07) is 19.6. The molecule has 3 rings (SSSR count). The summed E-state index contributed by atoms with van der Waals surface area (Å²) in [6.07, 6.45) is 5.87. The summed E-state index contributed by atoms with van der Waals surface area (Å²) in [5, 5.41) is 2.73. The van der Waals surface area contributed by atoms with Crippen LogP contribution < -0.4 is 5.32 Å². The molecule has 5 nitrogen and oxygen atoms in total. The van der Waals surface area contributed by atoms with E-state index < -0.39 is 5.54 Å². The van der Waals surface area contributed by atoms with Crippen molar-refractivity contribution in [2.45, 2.75) is 12.0 Å². The van der Waals surface area contributed by atoms with Gasteiger partial charge < -0.3 is 10.2 Å². The van der Waals surface area contributed by atoms with E-state index in [4.69, 9.17) is 0 Å². The van der Waals surface area contributed by atoms with Crippen molar-refractivity contribution in [3.05, 3.63) is 96.1 Å². The number of aromatic nitrogens is 2. The second kappa shape index (κ2) is 7.78. The molecule has 26 heavy (non-hydrogen) atoms. The van der Waals surface area contributed by atoms with Crippen LogP contribution in [0.25, 0.3) is 0 Å². The molecule has 0 aliphatic rings. The monoisotopic (exact) mass is 346 g/mol. The minimum absolute atomic E-state index is 0.185. The molecule has 5 heteroatoms. The van der Waals surface area contributed by atoms with Gasteiger partial charge >= 0.3 is 6.03 Å². The van der Waals surface area contributed by atoms with E-state index in [1.807, 2.05) is 48.5 Å². The van der Waals surface area contributed by atoms with Gasteiger partial charge in [-0.15, -0.1) is 0 Å². The smallest absolute Gasteiger partial charge is 0.317 e. The predicted molar refractivity (Wildman–Crippen MR) is 102 cm³/mol. The average Bonchev–Trinajstić information content (AvgIpc) is 2.73. The maximum absolute atomic E-state index is 12.7. The van der Waals surface area contributed by atoms with Crippen LogP contribution in [0.15, 0.2) is 79.3 Å². The lowest BCUT2D eigenvalue weighted by Crippen LogP contribution is -2.53. The fraction of sp³-hybridized carbons (Fsp3) is 0.190. The minimum Gasteiger partial charge on any atom is -0.341 e. The molecule has 1 atom stereocenters. The number of rotatable bonds is 5. The van der Waals surface area contributed by atoms with Crippen molar-refractivity contribution >= 4 is 6.03 Å². The molecule has 0 spiro atoms. The maximum atomic E-state index is 12.7. The average molecular weight is 346 g/mol. The van der Waals surface area contributed by atoms with Crippen LogP contribution in [-0.2, 0) is 12.0 Å². The molecule has 0 saturated heterocycles. The van der Waals surface area contributed by atoms with E-state index in [2.05, 4.69) is 27.4 Å². The molecule has 1 N–H and O–H groups in total. The summed E-state index contributed by atoms with van der Waals surface area (Å²) in [5.74, 6) is 0. The van der Waals surface area contributed by atoms with Crippen molar-refractivity contribution < 1.29 is 4.79 Å². The van der Waals surface area contributed by atoms with Crippen molar-refractivity contribution in [3.63, 3.8) is 0 Å². The summed E-state index contributed by atoms with van der Waals surface area (Å²) in [5.41, 5.74) is 2.03. The number of carbonyl (C=O) groups is 1. The van der Waals surface area contributed by atoms with Crippen LogP contribution in [0.1, 0.15) is 16.8 Å². The van der Waals surface area contributed by atoms with Gasteiger partial charge in [0.05, 0.1) is 5.69 Å². The number of likely N-dealkylation sites (N-methyl/N-ethyl adjacent to an activating group) is 1. The van der Waals surface area contributed by atoms with Crippen LogP contribution in [0.4, 0.5) is 4.79 Å². The number of pyridine rings is 2. The standard InChI is InChI=1S/C21H22N4O/c1-22-20(26)25(2)21(18-11-8-13-23-16-18,19-12-6-7-14-24-19)15-17-9-4-3-5-10-17/h3-14,16H,15H2,1-2H3,(H,22,26)/t21-/m0/s1. The van der Waals surface area contributed by atoms with E-state index in [-0.39, 0.29) is 6.03 Å². The van der Waals surface area contributed by atoms with E-state index in [9.17, 15) is 4.79 Å². The van der Waals surface area contributed by atoms with Crippen LogP contribution in [0, 0.1) is 0 Å². The highest BCUT2D eigenvalue weighted by molar-refractivity contribution is 5.75. The lowest BCUT2D eigenvalue weighted by molar-refractivity contribution is 0.155. The van der Waals surface area contributed by atoms with Crippen LogP contribution >= 0.6 is 0 Å². The largest absolute Gasteiger partial charge is 0.341 e. The van der Waals surface area contributed by atoms with E-state index >= 15 is 0 Å². The highest BCUT2D eigenvalue weighted by Gasteiger charge is 2.42. The molecule has 3 aromatic rings. The van der Waals surface area contributed by atoms with Gasteiger partial charge in [0, 0.05) is 44.7 Å². The Hall–Kier alpha value is -3.21. The summed E-state index contributed by atoms with van der Waals surface area (Å²) >= 11 is 0. The molecule has 2 aromatic heterocycles. The van der Waals surface area contributed by atoms with Gasteiger partial charge in [-0.3, -0.25) is 9.97 Å². The Morgan fingerprint density at radius 1 is 1.04 bits per heavy atom. The molecule has 0 fully saturated rings. The summed E-state index contributed by atoms with van der Waals surface area (Å²) < 4.78 is 0. The Balaban J connectivity index is 2.25. The molecule has 0 aliphatic carbocycles. The molecule has 2 heterocycles. The van der Waals surface area contributed by atoms with Crippen LogP contribution in [0.2, 0.25) is 0 Å². The molecule has 0 bridgehead atoms. The fourth-order valence-electron chi connectivity index (χ4n) is 3.27. The van der Waals surface area contributed by atoms with Crippen molar-refractivity contribution in [1.82, 2.24) is 20.2 Å². The molecular formula is C21H22N4O. The molecule has 2 amide bonds. The van der Waals surface area contributed by atoms with Crippen molar-refractivity contribution in [1.29, 1.82) is 0 Å². The predicted octanol–water partition coefficient (Wildman–Crippen LogP) is 3.23. The van der Waals surface area contributed by atoms with Gasteiger partial charge in [0.2, 0.25) is 0 Å². The van der Waals surface area contributed by atoms with Crippen LogP contribution in [-0.4, -0.2) is 35.0 Å². The first-order valence-electron chi connectivity index (χ1n) is 8.50. The Kier molecular flexibility index (Phi) is 5.27. The first-order valence-corrected chi connectivity index (χ1v) is 8.50. The van der Waals surface area contributed by atoms with E-state index in [1.54, 1.807) is 37.6 Å². The van der Waals surface area contributed by atoms with E-state index in [0.717, 1.165) is 16.8 Å². The molecule has 1 aromatic carbocycles. The van der Waals surface area contributed by atoms with Gasteiger partial charge in [0.15, 0.2) is 0 Å². The van der Waals surface area contributed by atoms with Gasteiger partial charge in [-0.05, 0) is 23.8 Å². The zero-order valence-corrected chi connectivity index (χ0v) is 15.0. The fourth-order valence-corrected chi connectivity index (χ4v) is 3.27. The quantitative estimate of drug-likeness (QED) is 0.772. The normalized spacial score (nSPS) is 12.8. The Morgan fingerprint density at radius 2 is 1.81 bits per heavy atom. The Bertz CT molecular complexity index is 798. The third kappa shape index (κ3) is 3.28. The SMILES string of the molecule is CNC(=O)N(C)[C@@](Cc1ccccc1)(c1cccnc1)c1ccccn1. The summed E-state index contributed by atoms with van der Waals surface area (Å²) in [4.78, 5) is 23.3. The Morgan fingerprint density at radius 3 is 2.42 bits per heavy atom. The van der Waals surface area contributed by atoms with Crippen LogP contribution in [0.5, 0.6) is 0 Å². The highest BCUT2D eigenvalue weighted by Crippen LogP contribution is 2.37. The third-order valence-electron chi connectivity index (χ3n) is 4.62. The Labute approximate surface area is 153 Å². The van der Waals surface area contributed by atoms with Gasteiger partial charge in [-0.1, -0.05) is 42.5 Å². The van der Waals surface area contributed by atoms with Crippen molar-refractivity contribution in [3.8, 4) is 0 Å². The second-order valence-corrected chi connectivity index (χ2v) is 6.09. The number of hydrogen-bond acceptors (Lipinski definition) is 3. The number of carbonyl (C=O) groups excluding carboxylic acids is 1. The van der Waals surface area contributed by atoms with E-state index in [1.165, 1.54) is 0 Å². The zero-order valence-electron chi connectivity index (χ0n) is 15.0. The number of nitrogens with one attached hydrogen (secondary N) is 1. The molecule has 0 saturated carbocycles. The van der Waals surface area contributed by atoms with Crippen LogP contribution in [0.3, 0.4) is 0 Å². The van der Waals surface area contributed by atoms with Crippen molar-refractivity contribution in [2.24, 2.45) is 0 Å². The summed E-state index contributed by atoms with van der Waals surface area (Å²) in [6.45, 7) is 0. The second-order valence-electron chi connectivity index (χ2n) is 6.09. The van der Waals surface area contributed by atoms with Gasteiger partial charge in [-0.25, -0.2) is 4.79 Å². The molecule has 132 valence electrons. The molecular weight excluding hydrogens is 324 g/mol. The number of amides is 2. The lowest BCUT2D eigenvalue weighted by atomic mass is 9.80. The van der Waals surface area contributed by atoms with Crippen molar-refractivity contribution in [2.75, 3.05) is 14.1 Å². The minimum atomic E-state index is -0.781. The third-order valence-corrected chi connectivity index (χ3v) is 4.62. The lowest BCUT2D eigenvalue weighted by Gasteiger charge is -2.41. The molecule has 0 unspecified atom stereocenters. The number of nitrogens with zero attached hydrogens (tertiary/aromatic N) is 3. The zero-order chi connectivity index (χ0) is 18.4. The first-order chi connectivity index (χ1) is 12.7.